The van der Waals surface area contributed by atoms with Gasteiger partial charge in [-0.1, -0.05) is 6.07 Å². The maximum absolute atomic E-state index is 13.7. The first-order valence-corrected chi connectivity index (χ1v) is 6.48. The number of halogens is 1. The van der Waals surface area contributed by atoms with E-state index in [-0.39, 0.29) is 5.75 Å². The lowest BCUT2D eigenvalue weighted by molar-refractivity contribution is 0.424. The van der Waals surface area contributed by atoms with Crippen LogP contribution in [0, 0.1) is 5.82 Å². The molecular weight excluding hydrogens is 253 g/mol. The molecule has 0 unspecified atom stereocenters. The maximum atomic E-state index is 13.7. The summed E-state index contributed by atoms with van der Waals surface area (Å²) in [5.74, 6) is -0.0195. The van der Waals surface area contributed by atoms with Crippen LogP contribution in [0.1, 0.15) is 5.56 Å². The normalized spacial score (nSPS) is 10.4. The van der Waals surface area contributed by atoms with Gasteiger partial charge in [0.1, 0.15) is 11.4 Å². The average Bonchev–Trinajstić information content (AvgIpc) is 2.41. The van der Waals surface area contributed by atoms with Crippen LogP contribution in [0.4, 0.5) is 4.39 Å². The van der Waals surface area contributed by atoms with Crippen LogP contribution in [0.2, 0.25) is 0 Å². The van der Waals surface area contributed by atoms with Crippen molar-refractivity contribution in [2.24, 2.45) is 5.73 Å². The quantitative estimate of drug-likeness (QED) is 0.680. The number of ether oxygens (including phenoxy) is 1. The highest BCUT2D eigenvalue weighted by molar-refractivity contribution is 7.98. The first-order chi connectivity index (χ1) is 8.72. The molecule has 2 N–H and O–H groups in total. The van der Waals surface area contributed by atoms with Gasteiger partial charge < -0.3 is 10.5 Å². The van der Waals surface area contributed by atoms with Gasteiger partial charge in [0.25, 0.3) is 0 Å². The second kappa shape index (κ2) is 5.79. The first-order valence-electron chi connectivity index (χ1n) is 5.25. The van der Waals surface area contributed by atoms with Crippen LogP contribution in [-0.4, -0.2) is 16.2 Å². The minimum atomic E-state index is -0.456. The van der Waals surface area contributed by atoms with Crippen LogP contribution in [0.5, 0.6) is 11.6 Å². The third-order valence-electron chi connectivity index (χ3n) is 2.27. The Labute approximate surface area is 108 Å². The van der Waals surface area contributed by atoms with Crippen LogP contribution in [-0.2, 0) is 6.54 Å². The molecule has 1 heterocycles. The van der Waals surface area contributed by atoms with Crippen LogP contribution < -0.4 is 10.5 Å². The fourth-order valence-corrected chi connectivity index (χ4v) is 1.73. The molecule has 2 rings (SSSR count). The summed E-state index contributed by atoms with van der Waals surface area (Å²) in [6.45, 7) is 0.293. The molecule has 2 aromatic rings. The predicted octanol–water partition coefficient (Wildman–Crippen LogP) is 2.59. The lowest BCUT2D eigenvalue weighted by Crippen LogP contribution is -1.98. The Bertz CT molecular complexity index is 551. The molecule has 94 valence electrons. The maximum Gasteiger partial charge on any atom is 0.223 e. The summed E-state index contributed by atoms with van der Waals surface area (Å²) in [6, 6.07) is 6.26. The Hall–Kier alpha value is -1.66. The van der Waals surface area contributed by atoms with Gasteiger partial charge >= 0.3 is 0 Å². The van der Waals surface area contributed by atoms with Crippen LogP contribution in [0.15, 0.2) is 35.6 Å². The minimum Gasteiger partial charge on any atom is -0.436 e. The van der Waals surface area contributed by atoms with Crippen LogP contribution in [0.25, 0.3) is 0 Å². The van der Waals surface area contributed by atoms with Gasteiger partial charge in [-0.15, -0.1) is 11.8 Å². The lowest BCUT2D eigenvalue weighted by atomic mass is 10.2. The summed E-state index contributed by atoms with van der Waals surface area (Å²) in [7, 11) is 0. The fraction of sp³-hybridized carbons (Fsp3) is 0.167. The summed E-state index contributed by atoms with van der Waals surface area (Å²) in [4.78, 5) is 7.94. The Kier molecular flexibility index (Phi) is 4.11. The number of benzene rings is 1. The van der Waals surface area contributed by atoms with E-state index in [4.69, 9.17) is 10.5 Å². The Morgan fingerprint density at radius 2 is 2.17 bits per heavy atom. The summed E-state index contributed by atoms with van der Waals surface area (Å²) >= 11 is 1.46. The number of nitrogens with zero attached hydrogens (tertiary/aromatic N) is 2. The molecule has 1 aromatic heterocycles. The second-order valence-corrected chi connectivity index (χ2v) is 4.30. The molecule has 0 radical (unpaired) electrons. The molecule has 0 saturated heterocycles. The van der Waals surface area contributed by atoms with Gasteiger partial charge in [-0.3, -0.25) is 0 Å². The molecule has 4 nitrogen and oxygen atoms in total. The van der Waals surface area contributed by atoms with E-state index in [1.165, 1.54) is 24.2 Å². The molecule has 0 saturated carbocycles. The molecular formula is C12H12FN3OS. The summed E-state index contributed by atoms with van der Waals surface area (Å²) in [5, 5.41) is 0.763. The molecule has 0 aliphatic carbocycles. The molecule has 0 aliphatic rings. The van der Waals surface area contributed by atoms with Crippen molar-refractivity contribution in [2.45, 2.75) is 11.6 Å². The topological polar surface area (TPSA) is 61.0 Å². The Morgan fingerprint density at radius 3 is 2.83 bits per heavy atom. The van der Waals surface area contributed by atoms with Crippen LogP contribution in [0.3, 0.4) is 0 Å². The smallest absolute Gasteiger partial charge is 0.223 e. The molecule has 0 amide bonds. The molecule has 6 heteroatoms. The van der Waals surface area contributed by atoms with Crippen molar-refractivity contribution in [3.8, 4) is 11.6 Å². The molecule has 18 heavy (non-hydrogen) atoms. The number of nitrogens with two attached hydrogens (primary N) is 1. The van der Waals surface area contributed by atoms with E-state index in [0.717, 1.165) is 5.03 Å². The van der Waals surface area contributed by atoms with Gasteiger partial charge in [0, 0.05) is 12.6 Å². The van der Waals surface area contributed by atoms with Crippen molar-refractivity contribution in [1.29, 1.82) is 0 Å². The van der Waals surface area contributed by atoms with Gasteiger partial charge in [0.05, 0.1) is 0 Å². The van der Waals surface area contributed by atoms with Crippen molar-refractivity contribution in [3.05, 3.63) is 42.0 Å². The summed E-state index contributed by atoms with van der Waals surface area (Å²) in [5.41, 5.74) is 6.14. The molecule has 0 atom stereocenters. The van der Waals surface area contributed by atoms with E-state index in [1.54, 1.807) is 18.2 Å². The average molecular weight is 265 g/mol. The minimum absolute atomic E-state index is 0.123. The molecule has 1 aromatic carbocycles. The number of hydrogen-bond donors (Lipinski definition) is 1. The third kappa shape index (κ3) is 2.96. The second-order valence-electron chi connectivity index (χ2n) is 3.47. The lowest BCUT2D eigenvalue weighted by Gasteiger charge is -2.07. The highest BCUT2D eigenvalue weighted by atomic mass is 32.2. The number of hydrogen-bond acceptors (Lipinski definition) is 5. The van der Waals surface area contributed by atoms with Gasteiger partial charge in [-0.2, -0.15) is 0 Å². The van der Waals surface area contributed by atoms with Crippen molar-refractivity contribution in [2.75, 3.05) is 6.26 Å². The Balaban J connectivity index is 2.22. The summed E-state index contributed by atoms with van der Waals surface area (Å²) in [6.07, 6.45) is 3.27. The highest BCUT2D eigenvalue weighted by Gasteiger charge is 2.07. The van der Waals surface area contributed by atoms with E-state index in [9.17, 15) is 4.39 Å². The van der Waals surface area contributed by atoms with E-state index >= 15 is 0 Å². The molecule has 0 fully saturated rings. The van der Waals surface area contributed by atoms with Gasteiger partial charge in [0.2, 0.25) is 5.88 Å². The zero-order valence-electron chi connectivity index (χ0n) is 9.76. The van der Waals surface area contributed by atoms with E-state index in [2.05, 4.69) is 9.97 Å². The van der Waals surface area contributed by atoms with Gasteiger partial charge in [-0.25, -0.2) is 14.4 Å². The standard InChI is InChI=1S/C12H12FN3OS/c1-18-12-5-11(15-7-16-12)17-10-3-2-8(6-14)4-9(10)13/h2-5,7H,6,14H2,1H3. The molecule has 0 aliphatic heterocycles. The number of aromatic nitrogens is 2. The van der Waals surface area contributed by atoms with Crippen LogP contribution >= 0.6 is 11.8 Å². The Morgan fingerprint density at radius 1 is 1.33 bits per heavy atom. The molecule has 0 spiro atoms. The third-order valence-corrected chi connectivity index (χ3v) is 2.91. The zero-order valence-corrected chi connectivity index (χ0v) is 10.6. The number of rotatable bonds is 4. The van der Waals surface area contributed by atoms with E-state index in [0.29, 0.717) is 18.0 Å². The highest BCUT2D eigenvalue weighted by Crippen LogP contribution is 2.25. The first kappa shape index (κ1) is 12.8. The number of thioether (sulfide) groups is 1. The van der Waals surface area contributed by atoms with Crippen molar-refractivity contribution >= 4 is 11.8 Å². The van der Waals surface area contributed by atoms with Gasteiger partial charge in [0.15, 0.2) is 11.6 Å². The SMILES string of the molecule is CSc1cc(Oc2ccc(CN)cc2F)ncn1. The molecule has 0 bridgehead atoms. The van der Waals surface area contributed by atoms with Crippen molar-refractivity contribution in [3.63, 3.8) is 0 Å². The van der Waals surface area contributed by atoms with E-state index in [1.807, 2.05) is 6.26 Å². The van der Waals surface area contributed by atoms with Gasteiger partial charge in [-0.05, 0) is 24.0 Å². The predicted molar refractivity (Wildman–Crippen MR) is 68.2 cm³/mol. The van der Waals surface area contributed by atoms with Crippen molar-refractivity contribution < 1.29 is 9.13 Å². The van der Waals surface area contributed by atoms with Crippen molar-refractivity contribution in [1.82, 2.24) is 9.97 Å². The monoisotopic (exact) mass is 265 g/mol. The summed E-state index contributed by atoms with van der Waals surface area (Å²) < 4.78 is 19.0. The zero-order chi connectivity index (χ0) is 13.0. The fourth-order valence-electron chi connectivity index (χ4n) is 1.36. The largest absolute Gasteiger partial charge is 0.436 e. The van der Waals surface area contributed by atoms with E-state index < -0.39 is 5.82 Å².